The summed E-state index contributed by atoms with van der Waals surface area (Å²) >= 11 is 0. The number of aromatic nitrogens is 3. The third-order valence-electron chi connectivity index (χ3n) is 2.48. The Morgan fingerprint density at radius 2 is 2.12 bits per heavy atom. The molecule has 0 unspecified atom stereocenters. The summed E-state index contributed by atoms with van der Waals surface area (Å²) in [7, 11) is 1.99. The van der Waals surface area contributed by atoms with Gasteiger partial charge in [-0.1, -0.05) is 6.07 Å². The molecule has 0 aromatic carbocycles. The number of rotatable bonds is 4. The van der Waals surface area contributed by atoms with E-state index >= 15 is 0 Å². The highest BCUT2D eigenvalue weighted by Crippen LogP contribution is 1.99. The first-order valence-corrected chi connectivity index (χ1v) is 5.34. The Balaban J connectivity index is 1.84. The topological polar surface area (TPSA) is 42.7 Å². The van der Waals surface area contributed by atoms with E-state index in [4.69, 9.17) is 0 Å². The fraction of sp³-hybridized carbons (Fsp3) is 0.333. The Labute approximate surface area is 95.4 Å². The molecule has 2 aromatic rings. The average molecular weight is 216 g/mol. The van der Waals surface area contributed by atoms with Crippen molar-refractivity contribution in [1.29, 1.82) is 0 Å². The number of hydrogen-bond donors (Lipinski definition) is 1. The highest BCUT2D eigenvalue weighted by atomic mass is 15.1. The van der Waals surface area contributed by atoms with Crippen molar-refractivity contribution >= 4 is 0 Å². The Bertz CT molecular complexity index is 444. The number of aryl methyl sites for hydroxylation is 2. The van der Waals surface area contributed by atoms with Crippen LogP contribution in [0.2, 0.25) is 0 Å². The van der Waals surface area contributed by atoms with Gasteiger partial charge in [-0.3, -0.25) is 4.98 Å². The Morgan fingerprint density at radius 1 is 1.25 bits per heavy atom. The summed E-state index contributed by atoms with van der Waals surface area (Å²) in [5.74, 6) is 1.03. The summed E-state index contributed by atoms with van der Waals surface area (Å²) in [4.78, 5) is 8.57. The summed E-state index contributed by atoms with van der Waals surface area (Å²) in [6.45, 7) is 3.57. The maximum absolute atomic E-state index is 4.33. The van der Waals surface area contributed by atoms with Crippen LogP contribution in [0.3, 0.4) is 0 Å². The van der Waals surface area contributed by atoms with Crippen molar-refractivity contribution < 1.29 is 0 Å². The van der Waals surface area contributed by atoms with Crippen LogP contribution in [0.25, 0.3) is 0 Å². The molecule has 2 aromatic heterocycles. The molecule has 4 heteroatoms. The van der Waals surface area contributed by atoms with Gasteiger partial charge in [-0.15, -0.1) is 0 Å². The SMILES string of the molecule is Cc1ccc(CNCc2nccn2C)nc1. The molecule has 0 atom stereocenters. The smallest absolute Gasteiger partial charge is 0.122 e. The minimum absolute atomic E-state index is 0.763. The molecule has 84 valence electrons. The number of hydrogen-bond acceptors (Lipinski definition) is 3. The van der Waals surface area contributed by atoms with Crippen LogP contribution < -0.4 is 5.32 Å². The lowest BCUT2D eigenvalue weighted by Crippen LogP contribution is -2.16. The van der Waals surface area contributed by atoms with Gasteiger partial charge in [0.15, 0.2) is 0 Å². The van der Waals surface area contributed by atoms with Crippen LogP contribution in [-0.4, -0.2) is 14.5 Å². The van der Waals surface area contributed by atoms with Gasteiger partial charge >= 0.3 is 0 Å². The Kier molecular flexibility index (Phi) is 3.31. The highest BCUT2D eigenvalue weighted by Gasteiger charge is 1.98. The predicted octanol–water partition coefficient (Wildman–Crippen LogP) is 1.41. The Morgan fingerprint density at radius 3 is 2.75 bits per heavy atom. The minimum Gasteiger partial charge on any atom is -0.337 e. The monoisotopic (exact) mass is 216 g/mol. The van der Waals surface area contributed by atoms with Crippen LogP contribution in [0.1, 0.15) is 17.1 Å². The van der Waals surface area contributed by atoms with E-state index in [1.807, 2.05) is 37.0 Å². The lowest BCUT2D eigenvalue weighted by atomic mass is 10.3. The van der Waals surface area contributed by atoms with Gasteiger partial charge in [-0.05, 0) is 18.6 Å². The first-order chi connectivity index (χ1) is 7.75. The van der Waals surface area contributed by atoms with Crippen molar-refractivity contribution in [3.63, 3.8) is 0 Å². The second-order valence-corrected chi connectivity index (χ2v) is 3.88. The van der Waals surface area contributed by atoms with Crippen molar-refractivity contribution in [2.75, 3.05) is 0 Å². The normalized spacial score (nSPS) is 10.6. The molecular weight excluding hydrogens is 200 g/mol. The average Bonchev–Trinajstić information content (AvgIpc) is 2.68. The molecular formula is C12H16N4. The fourth-order valence-electron chi connectivity index (χ4n) is 1.47. The van der Waals surface area contributed by atoms with Crippen LogP contribution in [0.4, 0.5) is 0 Å². The molecule has 0 aliphatic rings. The molecule has 0 saturated carbocycles. The molecule has 0 aliphatic carbocycles. The van der Waals surface area contributed by atoms with Crippen molar-refractivity contribution in [3.05, 3.63) is 47.8 Å². The third-order valence-corrected chi connectivity index (χ3v) is 2.48. The predicted molar refractivity (Wildman–Crippen MR) is 62.7 cm³/mol. The zero-order chi connectivity index (χ0) is 11.4. The van der Waals surface area contributed by atoms with Gasteiger partial charge in [-0.25, -0.2) is 4.98 Å². The lowest BCUT2D eigenvalue weighted by Gasteiger charge is -2.04. The van der Waals surface area contributed by atoms with Crippen molar-refractivity contribution in [2.45, 2.75) is 20.0 Å². The van der Waals surface area contributed by atoms with Crippen molar-refractivity contribution in [3.8, 4) is 0 Å². The molecule has 2 heterocycles. The van der Waals surface area contributed by atoms with E-state index in [1.165, 1.54) is 5.56 Å². The molecule has 0 fully saturated rings. The van der Waals surface area contributed by atoms with Crippen LogP contribution in [0.5, 0.6) is 0 Å². The summed E-state index contributed by atoms with van der Waals surface area (Å²) in [5, 5.41) is 3.32. The van der Waals surface area contributed by atoms with Crippen LogP contribution in [0, 0.1) is 6.92 Å². The highest BCUT2D eigenvalue weighted by molar-refractivity contribution is 5.12. The summed E-state index contributed by atoms with van der Waals surface area (Å²) < 4.78 is 2.01. The Hall–Kier alpha value is -1.68. The number of nitrogens with zero attached hydrogens (tertiary/aromatic N) is 3. The molecule has 1 N–H and O–H groups in total. The number of pyridine rings is 1. The molecule has 0 radical (unpaired) electrons. The molecule has 0 saturated heterocycles. The second-order valence-electron chi connectivity index (χ2n) is 3.88. The zero-order valence-corrected chi connectivity index (χ0v) is 9.64. The minimum atomic E-state index is 0.763. The van der Waals surface area contributed by atoms with Gasteiger partial charge in [0.2, 0.25) is 0 Å². The lowest BCUT2D eigenvalue weighted by molar-refractivity contribution is 0.630. The quantitative estimate of drug-likeness (QED) is 0.840. The van der Waals surface area contributed by atoms with E-state index in [9.17, 15) is 0 Å². The van der Waals surface area contributed by atoms with Gasteiger partial charge in [0.1, 0.15) is 5.82 Å². The number of imidazole rings is 1. The maximum atomic E-state index is 4.33. The molecule has 0 amide bonds. The second kappa shape index (κ2) is 4.90. The van der Waals surface area contributed by atoms with Gasteiger partial charge in [0.05, 0.1) is 12.2 Å². The molecule has 2 rings (SSSR count). The van der Waals surface area contributed by atoms with Crippen LogP contribution in [-0.2, 0) is 20.1 Å². The summed E-state index contributed by atoms with van der Waals surface area (Å²) in [5.41, 5.74) is 2.24. The standard InChI is InChI=1S/C12H16N4/c1-10-3-4-11(15-7-10)8-13-9-12-14-5-6-16(12)2/h3-7,13H,8-9H2,1-2H3. The fourth-order valence-corrected chi connectivity index (χ4v) is 1.47. The first kappa shape index (κ1) is 10.8. The van der Waals surface area contributed by atoms with Gasteiger partial charge in [0.25, 0.3) is 0 Å². The van der Waals surface area contributed by atoms with E-state index in [-0.39, 0.29) is 0 Å². The van der Waals surface area contributed by atoms with E-state index < -0.39 is 0 Å². The molecule has 0 bridgehead atoms. The van der Waals surface area contributed by atoms with Crippen LogP contribution in [0.15, 0.2) is 30.7 Å². The van der Waals surface area contributed by atoms with E-state index in [2.05, 4.69) is 21.4 Å². The molecule has 0 aliphatic heterocycles. The van der Waals surface area contributed by atoms with Crippen molar-refractivity contribution in [1.82, 2.24) is 19.9 Å². The van der Waals surface area contributed by atoms with E-state index in [1.54, 1.807) is 6.20 Å². The van der Waals surface area contributed by atoms with Gasteiger partial charge in [-0.2, -0.15) is 0 Å². The zero-order valence-electron chi connectivity index (χ0n) is 9.64. The molecule has 0 spiro atoms. The molecule has 4 nitrogen and oxygen atoms in total. The summed E-state index contributed by atoms with van der Waals surface area (Å²) in [6, 6.07) is 4.12. The maximum Gasteiger partial charge on any atom is 0.122 e. The molecule has 16 heavy (non-hydrogen) atoms. The van der Waals surface area contributed by atoms with Gasteiger partial charge in [0, 0.05) is 32.2 Å². The largest absolute Gasteiger partial charge is 0.337 e. The van der Waals surface area contributed by atoms with E-state index in [0.717, 1.165) is 24.6 Å². The first-order valence-electron chi connectivity index (χ1n) is 5.34. The third kappa shape index (κ3) is 2.67. The van der Waals surface area contributed by atoms with Crippen molar-refractivity contribution in [2.24, 2.45) is 7.05 Å². The summed E-state index contributed by atoms with van der Waals surface area (Å²) in [6.07, 6.45) is 5.64. The van der Waals surface area contributed by atoms with E-state index in [0.29, 0.717) is 0 Å². The van der Waals surface area contributed by atoms with Crippen LogP contribution >= 0.6 is 0 Å². The van der Waals surface area contributed by atoms with Gasteiger partial charge < -0.3 is 9.88 Å². The number of nitrogens with one attached hydrogen (secondary N) is 1.